The molecule has 3 amide bonds. The van der Waals surface area contributed by atoms with Crippen LogP contribution in [0.25, 0.3) is 10.9 Å². The standard InChI is InChI=1S/C24H26N4O2/c29-23(16-11-12-20-18(15-16)17-7-1-2-8-19(17)25-20)26-21-9-3-4-10-22(21)27-24(30)28-13-5-6-14-28/h3-4,9-12,15,25H,1-2,5-8,13-14H2,(H,26,29)(H,27,30). The summed E-state index contributed by atoms with van der Waals surface area (Å²) in [5.74, 6) is -0.175. The van der Waals surface area contributed by atoms with Gasteiger partial charge in [0.15, 0.2) is 0 Å². The molecule has 0 spiro atoms. The lowest BCUT2D eigenvalue weighted by molar-refractivity contribution is 0.102. The maximum Gasteiger partial charge on any atom is 0.321 e. The van der Waals surface area contributed by atoms with Gasteiger partial charge in [-0.05, 0) is 74.4 Å². The van der Waals surface area contributed by atoms with E-state index in [1.165, 1.54) is 24.1 Å². The highest BCUT2D eigenvalue weighted by Gasteiger charge is 2.20. The molecule has 154 valence electrons. The average Bonchev–Trinajstić information content (AvgIpc) is 3.43. The van der Waals surface area contributed by atoms with Gasteiger partial charge in [0.1, 0.15) is 0 Å². The zero-order chi connectivity index (χ0) is 20.5. The van der Waals surface area contributed by atoms with Gasteiger partial charge in [0.2, 0.25) is 0 Å². The third-order valence-corrected chi connectivity index (χ3v) is 6.17. The predicted molar refractivity (Wildman–Crippen MR) is 119 cm³/mol. The molecule has 0 bridgehead atoms. The summed E-state index contributed by atoms with van der Waals surface area (Å²) in [4.78, 5) is 30.8. The summed E-state index contributed by atoms with van der Waals surface area (Å²) < 4.78 is 0. The van der Waals surface area contributed by atoms with Crippen molar-refractivity contribution in [2.45, 2.75) is 38.5 Å². The first-order valence-electron chi connectivity index (χ1n) is 10.8. The molecule has 2 aromatic carbocycles. The summed E-state index contributed by atoms with van der Waals surface area (Å²) in [6, 6.07) is 13.0. The molecule has 2 aliphatic rings. The number of aromatic amines is 1. The van der Waals surface area contributed by atoms with Gasteiger partial charge in [-0.3, -0.25) is 4.79 Å². The van der Waals surface area contributed by atoms with Crippen molar-refractivity contribution in [1.82, 2.24) is 9.88 Å². The van der Waals surface area contributed by atoms with Crippen molar-refractivity contribution in [2.75, 3.05) is 23.7 Å². The van der Waals surface area contributed by atoms with Gasteiger partial charge in [-0.2, -0.15) is 0 Å². The number of benzene rings is 2. The Morgan fingerprint density at radius 3 is 2.40 bits per heavy atom. The van der Waals surface area contributed by atoms with Crippen LogP contribution in [0.15, 0.2) is 42.5 Å². The molecule has 1 aliphatic carbocycles. The normalized spacial score (nSPS) is 15.8. The smallest absolute Gasteiger partial charge is 0.321 e. The summed E-state index contributed by atoms with van der Waals surface area (Å²) in [6.07, 6.45) is 6.63. The number of carbonyl (C=O) groups is 2. The van der Waals surface area contributed by atoms with E-state index in [0.29, 0.717) is 16.9 Å². The maximum atomic E-state index is 13.0. The number of amides is 3. The number of aromatic nitrogens is 1. The van der Waals surface area contributed by atoms with E-state index in [9.17, 15) is 9.59 Å². The van der Waals surface area contributed by atoms with Crippen molar-refractivity contribution in [2.24, 2.45) is 0 Å². The van der Waals surface area contributed by atoms with Crippen LogP contribution < -0.4 is 10.6 Å². The van der Waals surface area contributed by atoms with E-state index in [-0.39, 0.29) is 11.9 Å². The quantitative estimate of drug-likeness (QED) is 0.581. The maximum absolute atomic E-state index is 13.0. The molecule has 0 saturated carbocycles. The Morgan fingerprint density at radius 2 is 1.60 bits per heavy atom. The Balaban J connectivity index is 1.37. The Hall–Kier alpha value is -3.28. The van der Waals surface area contributed by atoms with Crippen molar-refractivity contribution in [3.05, 3.63) is 59.3 Å². The van der Waals surface area contributed by atoms with Crippen LogP contribution in [0.4, 0.5) is 16.2 Å². The molecule has 0 atom stereocenters. The highest BCUT2D eigenvalue weighted by Crippen LogP contribution is 2.30. The number of likely N-dealkylation sites (tertiary alicyclic amines) is 1. The van der Waals surface area contributed by atoms with Crippen molar-refractivity contribution >= 4 is 34.2 Å². The lowest BCUT2D eigenvalue weighted by Gasteiger charge is -2.18. The molecule has 5 rings (SSSR count). The number of carbonyl (C=O) groups excluding carboxylic acids is 2. The molecule has 0 unspecified atom stereocenters. The van der Waals surface area contributed by atoms with Gasteiger partial charge < -0.3 is 20.5 Å². The highest BCUT2D eigenvalue weighted by molar-refractivity contribution is 6.09. The van der Waals surface area contributed by atoms with Crippen LogP contribution in [0, 0.1) is 0 Å². The minimum atomic E-state index is -0.175. The third kappa shape index (κ3) is 3.54. The number of urea groups is 1. The molecule has 3 N–H and O–H groups in total. The topological polar surface area (TPSA) is 77.2 Å². The van der Waals surface area contributed by atoms with Crippen molar-refractivity contribution < 1.29 is 9.59 Å². The van der Waals surface area contributed by atoms with Crippen LogP contribution >= 0.6 is 0 Å². The van der Waals surface area contributed by atoms with Gasteiger partial charge in [-0.25, -0.2) is 4.79 Å². The number of nitrogens with zero attached hydrogens (tertiary/aromatic N) is 1. The van der Waals surface area contributed by atoms with Crippen LogP contribution in [0.3, 0.4) is 0 Å². The first kappa shape index (κ1) is 18.7. The fourth-order valence-electron chi connectivity index (χ4n) is 4.56. The largest absolute Gasteiger partial charge is 0.358 e. The fraction of sp³-hybridized carbons (Fsp3) is 0.333. The van der Waals surface area contributed by atoms with E-state index in [2.05, 4.69) is 15.6 Å². The predicted octanol–water partition coefficient (Wildman–Crippen LogP) is 4.93. The number of fused-ring (bicyclic) bond motifs is 3. The summed E-state index contributed by atoms with van der Waals surface area (Å²) in [6.45, 7) is 1.56. The second-order valence-corrected chi connectivity index (χ2v) is 8.17. The van der Waals surface area contributed by atoms with Gasteiger partial charge in [0.25, 0.3) is 5.91 Å². The molecule has 6 heteroatoms. The molecule has 3 aromatic rings. The summed E-state index contributed by atoms with van der Waals surface area (Å²) in [5.41, 5.74) is 5.59. The lowest BCUT2D eigenvalue weighted by atomic mass is 9.95. The van der Waals surface area contributed by atoms with E-state index in [0.717, 1.165) is 49.7 Å². The van der Waals surface area contributed by atoms with Crippen LogP contribution in [0.5, 0.6) is 0 Å². The molecule has 1 fully saturated rings. The molecule has 2 heterocycles. The third-order valence-electron chi connectivity index (χ3n) is 6.17. The minimum Gasteiger partial charge on any atom is -0.358 e. The van der Waals surface area contributed by atoms with E-state index in [1.807, 2.05) is 47.4 Å². The Bertz CT molecular complexity index is 1110. The van der Waals surface area contributed by atoms with Crippen molar-refractivity contribution in [3.8, 4) is 0 Å². The van der Waals surface area contributed by atoms with Gasteiger partial charge in [0, 0.05) is 35.2 Å². The van der Waals surface area contributed by atoms with E-state index in [1.54, 1.807) is 0 Å². The summed E-state index contributed by atoms with van der Waals surface area (Å²) in [7, 11) is 0. The van der Waals surface area contributed by atoms with Gasteiger partial charge in [-0.1, -0.05) is 12.1 Å². The van der Waals surface area contributed by atoms with Gasteiger partial charge in [0.05, 0.1) is 11.4 Å². The number of anilines is 2. The molecule has 1 aliphatic heterocycles. The molecular formula is C24H26N4O2. The number of hydrogen-bond acceptors (Lipinski definition) is 2. The van der Waals surface area contributed by atoms with E-state index in [4.69, 9.17) is 0 Å². The SMILES string of the molecule is O=C(Nc1ccccc1NC(=O)N1CCCC1)c1ccc2[nH]c3c(c2c1)CCCC3. The number of rotatable bonds is 3. The van der Waals surface area contributed by atoms with Gasteiger partial charge in [-0.15, -0.1) is 0 Å². The molecule has 6 nitrogen and oxygen atoms in total. The molecular weight excluding hydrogens is 376 g/mol. The Kier molecular flexibility index (Phi) is 4.91. The van der Waals surface area contributed by atoms with Crippen molar-refractivity contribution in [1.29, 1.82) is 0 Å². The van der Waals surface area contributed by atoms with E-state index >= 15 is 0 Å². The first-order valence-corrected chi connectivity index (χ1v) is 10.8. The zero-order valence-corrected chi connectivity index (χ0v) is 17.0. The number of para-hydroxylation sites is 2. The molecule has 0 radical (unpaired) electrons. The molecule has 1 saturated heterocycles. The number of hydrogen-bond donors (Lipinski definition) is 3. The number of H-pyrrole nitrogens is 1. The summed E-state index contributed by atoms with van der Waals surface area (Å²) >= 11 is 0. The van der Waals surface area contributed by atoms with E-state index < -0.39 is 0 Å². The fourth-order valence-corrected chi connectivity index (χ4v) is 4.56. The number of aryl methyl sites for hydroxylation is 2. The second kappa shape index (κ2) is 7.86. The zero-order valence-electron chi connectivity index (χ0n) is 17.0. The molecule has 1 aromatic heterocycles. The second-order valence-electron chi connectivity index (χ2n) is 8.17. The monoisotopic (exact) mass is 402 g/mol. The van der Waals surface area contributed by atoms with Crippen LogP contribution in [-0.2, 0) is 12.8 Å². The van der Waals surface area contributed by atoms with Crippen LogP contribution in [-0.4, -0.2) is 34.9 Å². The molecule has 30 heavy (non-hydrogen) atoms. The highest BCUT2D eigenvalue weighted by atomic mass is 16.2. The Morgan fingerprint density at radius 1 is 0.867 bits per heavy atom. The first-order chi connectivity index (χ1) is 14.7. The van der Waals surface area contributed by atoms with Gasteiger partial charge >= 0.3 is 6.03 Å². The summed E-state index contributed by atoms with van der Waals surface area (Å²) in [5, 5.41) is 7.07. The average molecular weight is 402 g/mol. The minimum absolute atomic E-state index is 0.116. The van der Waals surface area contributed by atoms with Crippen LogP contribution in [0.2, 0.25) is 0 Å². The Labute approximate surface area is 175 Å². The van der Waals surface area contributed by atoms with Crippen LogP contribution in [0.1, 0.15) is 47.3 Å². The van der Waals surface area contributed by atoms with Crippen molar-refractivity contribution in [3.63, 3.8) is 0 Å². The lowest BCUT2D eigenvalue weighted by Crippen LogP contribution is -2.32. The number of nitrogens with one attached hydrogen (secondary N) is 3.